The van der Waals surface area contributed by atoms with Gasteiger partial charge in [-0.2, -0.15) is 4.31 Å². The molecular weight excluding hydrogens is 438 g/mol. The number of amides is 2. The SMILES string of the molecule is C=CCNC(=O)c1ccccc1NC(=O)c1ccc(Cl)c(S(=O)(=O)N2CCCCC2)c1. The first-order valence-corrected chi connectivity index (χ1v) is 11.8. The maximum absolute atomic E-state index is 13.0. The van der Waals surface area contributed by atoms with Crippen LogP contribution in [0.15, 0.2) is 60.0 Å². The highest BCUT2D eigenvalue weighted by Crippen LogP contribution is 2.28. The van der Waals surface area contributed by atoms with Gasteiger partial charge in [-0.05, 0) is 43.2 Å². The maximum atomic E-state index is 13.0. The molecule has 0 aromatic heterocycles. The van der Waals surface area contributed by atoms with Gasteiger partial charge in [-0.25, -0.2) is 8.42 Å². The number of anilines is 1. The van der Waals surface area contributed by atoms with Gasteiger partial charge in [0.05, 0.1) is 16.3 Å². The lowest BCUT2D eigenvalue weighted by Gasteiger charge is -2.26. The molecule has 0 atom stereocenters. The van der Waals surface area contributed by atoms with Crippen molar-refractivity contribution in [3.63, 3.8) is 0 Å². The van der Waals surface area contributed by atoms with Gasteiger partial charge in [-0.3, -0.25) is 9.59 Å². The van der Waals surface area contributed by atoms with E-state index >= 15 is 0 Å². The van der Waals surface area contributed by atoms with E-state index in [2.05, 4.69) is 17.2 Å². The number of hydrogen-bond acceptors (Lipinski definition) is 4. The first-order chi connectivity index (χ1) is 14.8. The predicted molar refractivity (Wildman–Crippen MR) is 121 cm³/mol. The normalized spacial score (nSPS) is 14.6. The van der Waals surface area contributed by atoms with E-state index < -0.39 is 15.9 Å². The van der Waals surface area contributed by atoms with E-state index in [9.17, 15) is 18.0 Å². The van der Waals surface area contributed by atoms with Crippen molar-refractivity contribution in [3.8, 4) is 0 Å². The lowest BCUT2D eigenvalue weighted by Crippen LogP contribution is -2.35. The minimum Gasteiger partial charge on any atom is -0.349 e. The first-order valence-electron chi connectivity index (χ1n) is 9.94. The summed E-state index contributed by atoms with van der Waals surface area (Å²) in [5, 5.41) is 5.41. The van der Waals surface area contributed by atoms with Crippen molar-refractivity contribution in [3.05, 3.63) is 71.3 Å². The van der Waals surface area contributed by atoms with E-state index in [1.165, 1.54) is 22.5 Å². The number of sulfonamides is 1. The summed E-state index contributed by atoms with van der Waals surface area (Å²) in [5.41, 5.74) is 0.721. The summed E-state index contributed by atoms with van der Waals surface area (Å²) in [7, 11) is -3.81. The van der Waals surface area contributed by atoms with Crippen LogP contribution in [0.2, 0.25) is 5.02 Å². The van der Waals surface area contributed by atoms with E-state index in [0.717, 1.165) is 19.3 Å². The van der Waals surface area contributed by atoms with Crippen LogP contribution >= 0.6 is 11.6 Å². The van der Waals surface area contributed by atoms with Crippen LogP contribution in [0.3, 0.4) is 0 Å². The highest BCUT2D eigenvalue weighted by Gasteiger charge is 2.29. The summed E-state index contributed by atoms with van der Waals surface area (Å²) in [6.07, 6.45) is 4.13. The van der Waals surface area contributed by atoms with Gasteiger partial charge < -0.3 is 10.6 Å². The molecule has 1 heterocycles. The number of carbonyl (C=O) groups excluding carboxylic acids is 2. The number of piperidine rings is 1. The Kier molecular flexibility index (Phi) is 7.48. The van der Waals surface area contributed by atoms with E-state index in [1.54, 1.807) is 30.3 Å². The fraction of sp³-hybridized carbons (Fsp3) is 0.273. The quantitative estimate of drug-likeness (QED) is 0.615. The Morgan fingerprint density at radius 3 is 2.48 bits per heavy atom. The van der Waals surface area contributed by atoms with Gasteiger partial charge >= 0.3 is 0 Å². The summed E-state index contributed by atoms with van der Waals surface area (Å²) in [6.45, 7) is 4.71. The molecule has 7 nitrogen and oxygen atoms in total. The number of para-hydroxylation sites is 1. The van der Waals surface area contributed by atoms with Gasteiger partial charge in [-0.15, -0.1) is 6.58 Å². The number of nitrogens with zero attached hydrogens (tertiary/aromatic N) is 1. The molecule has 1 aliphatic heterocycles. The smallest absolute Gasteiger partial charge is 0.255 e. The van der Waals surface area contributed by atoms with Crippen LogP contribution in [0.25, 0.3) is 0 Å². The minimum atomic E-state index is -3.81. The summed E-state index contributed by atoms with van der Waals surface area (Å²) in [4.78, 5) is 25.1. The lowest BCUT2D eigenvalue weighted by molar-refractivity contribution is 0.0959. The van der Waals surface area contributed by atoms with Crippen LogP contribution in [0.1, 0.15) is 40.0 Å². The van der Waals surface area contributed by atoms with Crippen molar-refractivity contribution in [2.24, 2.45) is 0 Å². The fourth-order valence-corrected chi connectivity index (χ4v) is 5.35. The van der Waals surface area contributed by atoms with Gasteiger partial charge in [0, 0.05) is 25.2 Å². The van der Waals surface area contributed by atoms with Crippen LogP contribution < -0.4 is 10.6 Å². The predicted octanol–water partition coefficient (Wildman–Crippen LogP) is 3.68. The van der Waals surface area contributed by atoms with Crippen LogP contribution in [0, 0.1) is 0 Å². The second-order valence-corrected chi connectivity index (χ2v) is 9.42. The second-order valence-electron chi connectivity index (χ2n) is 7.11. The van der Waals surface area contributed by atoms with E-state index in [1.807, 2.05) is 0 Å². The number of carbonyl (C=O) groups is 2. The number of nitrogens with one attached hydrogen (secondary N) is 2. The molecule has 2 N–H and O–H groups in total. The zero-order valence-corrected chi connectivity index (χ0v) is 18.5. The molecule has 2 aromatic carbocycles. The van der Waals surface area contributed by atoms with Gasteiger partial charge in [0.1, 0.15) is 4.90 Å². The number of rotatable bonds is 7. The summed E-state index contributed by atoms with van der Waals surface area (Å²) in [6, 6.07) is 10.7. The Balaban J connectivity index is 1.86. The molecule has 0 aliphatic carbocycles. The molecule has 1 saturated heterocycles. The van der Waals surface area contributed by atoms with E-state index in [-0.39, 0.29) is 33.5 Å². The number of halogens is 1. The largest absolute Gasteiger partial charge is 0.349 e. The Labute approximate surface area is 187 Å². The Morgan fingerprint density at radius 1 is 1.06 bits per heavy atom. The topological polar surface area (TPSA) is 95.6 Å². The van der Waals surface area contributed by atoms with Crippen LogP contribution in [-0.4, -0.2) is 44.2 Å². The zero-order chi connectivity index (χ0) is 22.4. The summed E-state index contributed by atoms with van der Waals surface area (Å²) in [5.74, 6) is -0.906. The van der Waals surface area contributed by atoms with Crippen molar-refractivity contribution < 1.29 is 18.0 Å². The molecule has 164 valence electrons. The van der Waals surface area contributed by atoms with Crippen LogP contribution in [0.5, 0.6) is 0 Å². The van der Waals surface area contributed by atoms with Crippen molar-refractivity contribution >= 4 is 39.1 Å². The molecule has 3 rings (SSSR count). The number of hydrogen-bond donors (Lipinski definition) is 2. The van der Waals surface area contributed by atoms with Crippen molar-refractivity contribution in [1.82, 2.24) is 9.62 Å². The highest BCUT2D eigenvalue weighted by molar-refractivity contribution is 7.89. The molecule has 0 saturated carbocycles. The van der Waals surface area contributed by atoms with E-state index in [0.29, 0.717) is 18.8 Å². The summed E-state index contributed by atoms with van der Waals surface area (Å²) >= 11 is 6.18. The Morgan fingerprint density at radius 2 is 1.77 bits per heavy atom. The Bertz CT molecular complexity index is 1100. The molecule has 2 amide bonds. The van der Waals surface area contributed by atoms with E-state index in [4.69, 9.17) is 11.6 Å². The maximum Gasteiger partial charge on any atom is 0.255 e. The third-order valence-corrected chi connectivity index (χ3v) is 7.33. The minimum absolute atomic E-state index is 0.0614. The molecule has 1 fully saturated rings. The second kappa shape index (κ2) is 10.1. The number of benzene rings is 2. The van der Waals surface area contributed by atoms with Crippen molar-refractivity contribution in [1.29, 1.82) is 0 Å². The standard InChI is InChI=1S/C22H24ClN3O4S/c1-2-12-24-22(28)17-8-4-5-9-19(17)25-21(27)16-10-11-18(23)20(15-16)31(29,30)26-13-6-3-7-14-26/h2,4-5,8-11,15H,1,3,6-7,12-14H2,(H,24,28)(H,25,27). The van der Waals surface area contributed by atoms with Crippen molar-refractivity contribution in [2.45, 2.75) is 24.2 Å². The molecule has 0 spiro atoms. The van der Waals surface area contributed by atoms with Crippen LogP contribution in [0.4, 0.5) is 5.69 Å². The fourth-order valence-electron chi connectivity index (χ4n) is 3.33. The molecule has 1 aliphatic rings. The molecule has 0 radical (unpaired) electrons. The van der Waals surface area contributed by atoms with Gasteiger partial charge in [0.25, 0.3) is 11.8 Å². The zero-order valence-electron chi connectivity index (χ0n) is 16.9. The molecule has 0 bridgehead atoms. The van der Waals surface area contributed by atoms with Gasteiger partial charge in [0.15, 0.2) is 0 Å². The molecule has 31 heavy (non-hydrogen) atoms. The van der Waals surface area contributed by atoms with Crippen LogP contribution in [-0.2, 0) is 10.0 Å². The third kappa shape index (κ3) is 5.33. The van der Waals surface area contributed by atoms with Crippen molar-refractivity contribution in [2.75, 3.05) is 25.0 Å². The molecule has 2 aromatic rings. The Hall–Kier alpha value is -2.68. The summed E-state index contributed by atoms with van der Waals surface area (Å²) < 4.78 is 27.5. The van der Waals surface area contributed by atoms with Gasteiger partial charge in [0.2, 0.25) is 10.0 Å². The monoisotopic (exact) mass is 461 g/mol. The van der Waals surface area contributed by atoms with Gasteiger partial charge in [-0.1, -0.05) is 36.2 Å². The lowest BCUT2D eigenvalue weighted by atomic mass is 10.1. The molecular formula is C22H24ClN3O4S. The molecule has 0 unspecified atom stereocenters. The highest BCUT2D eigenvalue weighted by atomic mass is 35.5. The average molecular weight is 462 g/mol. The molecule has 9 heteroatoms. The first kappa shape index (κ1) is 23.0. The third-order valence-electron chi connectivity index (χ3n) is 4.95. The average Bonchev–Trinajstić information content (AvgIpc) is 2.78.